The van der Waals surface area contributed by atoms with Gasteiger partial charge < -0.3 is 4.90 Å². The van der Waals surface area contributed by atoms with Crippen molar-refractivity contribution in [2.45, 2.75) is 45.6 Å². The van der Waals surface area contributed by atoms with Gasteiger partial charge in [-0.3, -0.25) is 4.79 Å². The number of aromatic nitrogens is 2. The highest BCUT2D eigenvalue weighted by atomic mass is 32.2. The summed E-state index contributed by atoms with van der Waals surface area (Å²) in [4.78, 5) is 22.7. The Balaban J connectivity index is 2.69. The molecule has 1 heterocycles. The highest BCUT2D eigenvalue weighted by molar-refractivity contribution is 7.99. The molecule has 5 heteroatoms. The molecule has 0 saturated carbocycles. The van der Waals surface area contributed by atoms with E-state index in [4.69, 9.17) is 0 Å². The summed E-state index contributed by atoms with van der Waals surface area (Å²) in [7, 11) is 0. The van der Waals surface area contributed by atoms with E-state index in [2.05, 4.69) is 16.9 Å². The lowest BCUT2D eigenvalue weighted by molar-refractivity contribution is -0.127. The van der Waals surface area contributed by atoms with Crippen molar-refractivity contribution in [1.82, 2.24) is 14.9 Å². The van der Waals surface area contributed by atoms with Crippen LogP contribution in [0.25, 0.3) is 0 Å². The number of nitrogens with zero attached hydrogens (tertiary/aromatic N) is 3. The summed E-state index contributed by atoms with van der Waals surface area (Å²) >= 11 is 1.50. The molecule has 1 rings (SSSR count). The van der Waals surface area contributed by atoms with E-state index in [-0.39, 0.29) is 5.91 Å². The number of carbonyl (C=O) groups is 1. The zero-order valence-electron chi connectivity index (χ0n) is 12.3. The van der Waals surface area contributed by atoms with E-state index >= 15 is 0 Å². The monoisotopic (exact) mass is 281 g/mol. The smallest absolute Gasteiger partial charge is 0.232 e. The average Bonchev–Trinajstić information content (AvgIpc) is 2.45. The number of carbonyl (C=O) groups excluding carboxylic acids is 1. The summed E-state index contributed by atoms with van der Waals surface area (Å²) in [5, 5.41) is 0.907. The van der Waals surface area contributed by atoms with Crippen molar-refractivity contribution in [2.24, 2.45) is 0 Å². The van der Waals surface area contributed by atoms with Crippen LogP contribution in [0.5, 0.6) is 0 Å². The number of hydrogen-bond acceptors (Lipinski definition) is 4. The molecule has 0 aliphatic heterocycles. The average molecular weight is 281 g/mol. The fourth-order valence-corrected chi connectivity index (χ4v) is 2.58. The van der Waals surface area contributed by atoms with E-state index in [1.807, 2.05) is 31.7 Å². The van der Waals surface area contributed by atoms with Crippen molar-refractivity contribution >= 4 is 17.7 Å². The van der Waals surface area contributed by atoms with Gasteiger partial charge in [0.2, 0.25) is 5.91 Å². The van der Waals surface area contributed by atoms with Crippen LogP contribution in [0.15, 0.2) is 11.1 Å². The molecule has 1 aromatic rings. The number of rotatable bonds is 7. The first-order valence-electron chi connectivity index (χ1n) is 6.91. The quantitative estimate of drug-likeness (QED) is 0.569. The molecule has 0 bridgehead atoms. The fourth-order valence-electron chi connectivity index (χ4n) is 1.74. The molecule has 1 amide bonds. The predicted octanol–water partition coefficient (Wildman–Crippen LogP) is 2.56. The van der Waals surface area contributed by atoms with Gasteiger partial charge in [0.05, 0.1) is 5.75 Å². The van der Waals surface area contributed by atoms with Gasteiger partial charge >= 0.3 is 0 Å². The van der Waals surface area contributed by atoms with Crippen LogP contribution in [-0.4, -0.2) is 39.6 Å². The van der Waals surface area contributed by atoms with Gasteiger partial charge in [0.15, 0.2) is 0 Å². The van der Waals surface area contributed by atoms with Crippen molar-refractivity contribution in [3.8, 4) is 0 Å². The molecule has 0 atom stereocenters. The lowest BCUT2D eigenvalue weighted by atomic mass is 10.3. The van der Waals surface area contributed by atoms with Gasteiger partial charge in [-0.1, -0.05) is 25.6 Å². The molecule has 0 aliphatic carbocycles. The van der Waals surface area contributed by atoms with E-state index in [1.165, 1.54) is 11.8 Å². The summed E-state index contributed by atoms with van der Waals surface area (Å²) < 4.78 is 0. The largest absolute Gasteiger partial charge is 0.343 e. The van der Waals surface area contributed by atoms with Crippen LogP contribution in [0.3, 0.4) is 0 Å². The van der Waals surface area contributed by atoms with Gasteiger partial charge in [0, 0.05) is 25.2 Å². The molecule has 0 aliphatic rings. The summed E-state index contributed by atoms with van der Waals surface area (Å²) in [5.41, 5.74) is 1.05. The zero-order chi connectivity index (χ0) is 14.3. The molecule has 0 aromatic carbocycles. The predicted molar refractivity (Wildman–Crippen MR) is 79.4 cm³/mol. The third-order valence-electron chi connectivity index (χ3n) is 2.94. The Morgan fingerprint density at radius 2 is 1.84 bits per heavy atom. The van der Waals surface area contributed by atoms with Crippen LogP contribution < -0.4 is 0 Å². The molecule has 0 radical (unpaired) electrons. The molecule has 0 fully saturated rings. The minimum Gasteiger partial charge on any atom is -0.343 e. The SMILES string of the molecule is CCc1cc(SCC(=O)N(CC)CC)nc(CC)n1. The highest BCUT2D eigenvalue weighted by Crippen LogP contribution is 2.17. The second kappa shape index (κ2) is 8.15. The van der Waals surface area contributed by atoms with Crippen LogP contribution in [0.1, 0.15) is 39.2 Å². The third kappa shape index (κ3) is 4.82. The van der Waals surface area contributed by atoms with Gasteiger partial charge in [-0.15, -0.1) is 0 Å². The second-order valence-electron chi connectivity index (χ2n) is 4.18. The molecule has 1 aromatic heterocycles. The van der Waals surface area contributed by atoms with E-state index < -0.39 is 0 Å². The maximum absolute atomic E-state index is 11.9. The van der Waals surface area contributed by atoms with Gasteiger partial charge in [-0.2, -0.15) is 0 Å². The Morgan fingerprint density at radius 1 is 1.16 bits per heavy atom. The van der Waals surface area contributed by atoms with Gasteiger partial charge in [0.25, 0.3) is 0 Å². The van der Waals surface area contributed by atoms with Crippen LogP contribution >= 0.6 is 11.8 Å². The third-order valence-corrected chi connectivity index (χ3v) is 3.84. The Morgan fingerprint density at radius 3 is 2.37 bits per heavy atom. The molecule has 106 valence electrons. The molecule has 0 N–H and O–H groups in total. The molecular weight excluding hydrogens is 258 g/mol. The van der Waals surface area contributed by atoms with E-state index in [9.17, 15) is 4.79 Å². The first-order chi connectivity index (χ1) is 9.14. The maximum atomic E-state index is 11.9. The maximum Gasteiger partial charge on any atom is 0.232 e. The van der Waals surface area contributed by atoms with Crippen LogP contribution in [0.2, 0.25) is 0 Å². The van der Waals surface area contributed by atoms with Crippen molar-refractivity contribution in [2.75, 3.05) is 18.8 Å². The highest BCUT2D eigenvalue weighted by Gasteiger charge is 2.11. The Bertz CT molecular complexity index is 397. The van der Waals surface area contributed by atoms with Gasteiger partial charge in [-0.05, 0) is 26.3 Å². The molecule has 0 saturated heterocycles. The minimum atomic E-state index is 0.171. The van der Waals surface area contributed by atoms with E-state index in [0.29, 0.717) is 5.75 Å². The molecule has 0 spiro atoms. The Kier molecular flexibility index (Phi) is 6.84. The summed E-state index contributed by atoms with van der Waals surface area (Å²) in [5.74, 6) is 1.48. The molecule has 0 unspecified atom stereocenters. The van der Waals surface area contributed by atoms with Crippen molar-refractivity contribution in [1.29, 1.82) is 0 Å². The molecule has 4 nitrogen and oxygen atoms in total. The molecule has 19 heavy (non-hydrogen) atoms. The lowest BCUT2D eigenvalue weighted by Gasteiger charge is -2.18. The number of aryl methyl sites for hydroxylation is 2. The number of thioether (sulfide) groups is 1. The second-order valence-corrected chi connectivity index (χ2v) is 5.17. The van der Waals surface area contributed by atoms with E-state index in [1.54, 1.807) is 0 Å². The number of amides is 1. The zero-order valence-corrected chi connectivity index (χ0v) is 13.1. The first-order valence-corrected chi connectivity index (χ1v) is 7.90. The number of hydrogen-bond donors (Lipinski definition) is 0. The van der Waals surface area contributed by atoms with Crippen LogP contribution in [0.4, 0.5) is 0 Å². The standard InChI is InChI=1S/C14H23N3OS/c1-5-11-9-13(16-12(6-2)15-11)19-10-14(18)17(7-3)8-4/h9H,5-8,10H2,1-4H3. The van der Waals surface area contributed by atoms with Gasteiger partial charge in [0.1, 0.15) is 10.9 Å². The van der Waals surface area contributed by atoms with Crippen LogP contribution in [0, 0.1) is 0 Å². The molecular formula is C14H23N3OS. The normalized spacial score (nSPS) is 10.5. The Hall–Kier alpha value is -1.10. The van der Waals surface area contributed by atoms with Crippen LogP contribution in [-0.2, 0) is 17.6 Å². The first kappa shape index (κ1) is 16.0. The minimum absolute atomic E-state index is 0.171. The van der Waals surface area contributed by atoms with Crippen molar-refractivity contribution in [3.63, 3.8) is 0 Å². The van der Waals surface area contributed by atoms with Crippen molar-refractivity contribution < 1.29 is 4.79 Å². The Labute approximate surface area is 120 Å². The topological polar surface area (TPSA) is 46.1 Å². The lowest BCUT2D eigenvalue weighted by Crippen LogP contribution is -2.31. The summed E-state index contributed by atoms with van der Waals surface area (Å²) in [6.07, 6.45) is 1.72. The van der Waals surface area contributed by atoms with Crippen molar-refractivity contribution in [3.05, 3.63) is 17.6 Å². The fraction of sp³-hybridized carbons (Fsp3) is 0.643. The summed E-state index contributed by atoms with van der Waals surface area (Å²) in [6, 6.07) is 1.99. The van der Waals surface area contributed by atoms with Gasteiger partial charge in [-0.25, -0.2) is 9.97 Å². The summed E-state index contributed by atoms with van der Waals surface area (Å²) in [6.45, 7) is 9.66. The van der Waals surface area contributed by atoms with E-state index in [0.717, 1.165) is 42.5 Å².